The number of halogens is 1. The summed E-state index contributed by atoms with van der Waals surface area (Å²) in [7, 11) is 0. The van der Waals surface area contributed by atoms with E-state index in [2.05, 4.69) is 15.2 Å². The number of fused-ring (bicyclic) bond motifs is 1. The quantitative estimate of drug-likeness (QED) is 0.769. The monoisotopic (exact) mass is 320 g/mol. The van der Waals surface area contributed by atoms with E-state index in [0.29, 0.717) is 37.8 Å². The number of alkyl halides is 1. The smallest absolute Gasteiger partial charge is 0.245 e. The first-order valence-corrected chi connectivity index (χ1v) is 7.65. The number of hydrogen-bond acceptors (Lipinski definition) is 6. The molecule has 2 atom stereocenters. The van der Waals surface area contributed by atoms with Crippen LogP contribution in [0.15, 0.2) is 18.7 Å². The first-order valence-electron chi connectivity index (χ1n) is 7.65. The highest BCUT2D eigenvalue weighted by molar-refractivity contribution is 5.87. The number of anilines is 1. The number of morpholine rings is 1. The second-order valence-corrected chi connectivity index (χ2v) is 5.75. The van der Waals surface area contributed by atoms with Crippen LogP contribution in [0, 0.1) is 0 Å². The van der Waals surface area contributed by atoms with Gasteiger partial charge in [-0.3, -0.25) is 9.20 Å². The molecule has 4 heterocycles. The first kappa shape index (κ1) is 14.3. The van der Waals surface area contributed by atoms with Crippen LogP contribution in [0.3, 0.4) is 0 Å². The Labute approximate surface area is 131 Å². The Balaban J connectivity index is 1.66. The van der Waals surface area contributed by atoms with Crippen molar-refractivity contribution in [3.63, 3.8) is 0 Å². The second-order valence-electron chi connectivity index (χ2n) is 5.75. The molecule has 9 heteroatoms. The van der Waals surface area contributed by atoms with Gasteiger partial charge in [-0.1, -0.05) is 0 Å². The molecule has 0 spiro atoms. The zero-order chi connectivity index (χ0) is 15.8. The van der Waals surface area contributed by atoms with Gasteiger partial charge in [0.05, 0.1) is 19.8 Å². The Morgan fingerprint density at radius 2 is 2.17 bits per heavy atom. The first-order chi connectivity index (χ1) is 11.2. The molecule has 0 aliphatic carbocycles. The molecular formula is C14H17FN6O2. The predicted octanol–water partition coefficient (Wildman–Crippen LogP) is -0.100. The minimum absolute atomic E-state index is 0.0724. The standard InChI is InChI=1S/C14H17FN6O2/c15-10-7-11(14(22)19-3-5-23-6-4-19)21(8-10)12-13-18-17-9-20(13)2-1-16-12/h1-2,9-11H,3-8H2/t10-,11+/m1/s1. The van der Waals surface area contributed by atoms with Crippen LogP contribution in [-0.2, 0) is 9.53 Å². The van der Waals surface area contributed by atoms with Crippen molar-refractivity contribution >= 4 is 17.4 Å². The molecule has 8 nitrogen and oxygen atoms in total. The highest BCUT2D eigenvalue weighted by atomic mass is 19.1. The molecule has 2 aromatic heterocycles. The van der Waals surface area contributed by atoms with Gasteiger partial charge in [0, 0.05) is 31.9 Å². The average Bonchev–Trinajstić information content (AvgIpc) is 3.21. The van der Waals surface area contributed by atoms with Crippen molar-refractivity contribution in [1.82, 2.24) is 24.5 Å². The van der Waals surface area contributed by atoms with Gasteiger partial charge < -0.3 is 14.5 Å². The van der Waals surface area contributed by atoms with E-state index in [1.54, 1.807) is 32.9 Å². The summed E-state index contributed by atoms with van der Waals surface area (Å²) in [6, 6.07) is -0.557. The highest BCUT2D eigenvalue weighted by Crippen LogP contribution is 2.29. The van der Waals surface area contributed by atoms with Crippen molar-refractivity contribution < 1.29 is 13.9 Å². The summed E-state index contributed by atoms with van der Waals surface area (Å²) in [6.45, 7) is 2.27. The molecule has 0 bridgehead atoms. The Morgan fingerprint density at radius 1 is 1.35 bits per heavy atom. The lowest BCUT2D eigenvalue weighted by molar-refractivity contribution is -0.136. The Hall–Kier alpha value is -2.29. The zero-order valence-electron chi connectivity index (χ0n) is 12.5. The highest BCUT2D eigenvalue weighted by Gasteiger charge is 2.41. The molecule has 0 N–H and O–H groups in total. The van der Waals surface area contributed by atoms with E-state index in [9.17, 15) is 9.18 Å². The average molecular weight is 320 g/mol. The van der Waals surface area contributed by atoms with Crippen LogP contribution >= 0.6 is 0 Å². The normalized spacial score (nSPS) is 25.3. The minimum Gasteiger partial charge on any atom is -0.378 e. The van der Waals surface area contributed by atoms with Gasteiger partial charge in [-0.2, -0.15) is 0 Å². The van der Waals surface area contributed by atoms with Gasteiger partial charge in [0.25, 0.3) is 0 Å². The third kappa shape index (κ3) is 2.50. The fourth-order valence-electron chi connectivity index (χ4n) is 3.20. The number of carbonyl (C=O) groups is 1. The van der Waals surface area contributed by atoms with Crippen LogP contribution in [-0.4, -0.2) is 75.5 Å². The zero-order valence-corrected chi connectivity index (χ0v) is 12.5. The molecule has 2 aliphatic rings. The maximum Gasteiger partial charge on any atom is 0.245 e. The van der Waals surface area contributed by atoms with E-state index in [0.717, 1.165) is 0 Å². The Kier molecular flexibility index (Phi) is 3.56. The SMILES string of the molecule is O=C([C@@H]1C[C@@H](F)CN1c1nccn2cnnc12)N1CCOCC1. The van der Waals surface area contributed by atoms with Crippen LogP contribution in [0.5, 0.6) is 0 Å². The molecular weight excluding hydrogens is 303 g/mol. The second kappa shape index (κ2) is 5.73. The van der Waals surface area contributed by atoms with Gasteiger partial charge in [-0.05, 0) is 0 Å². The molecule has 0 saturated carbocycles. The molecule has 23 heavy (non-hydrogen) atoms. The summed E-state index contributed by atoms with van der Waals surface area (Å²) in [5.41, 5.74) is 0.529. The molecule has 2 aliphatic heterocycles. The summed E-state index contributed by atoms with van der Waals surface area (Å²) in [4.78, 5) is 20.6. The van der Waals surface area contributed by atoms with Crippen LogP contribution in [0.2, 0.25) is 0 Å². The van der Waals surface area contributed by atoms with E-state index in [-0.39, 0.29) is 18.9 Å². The maximum atomic E-state index is 14.1. The van der Waals surface area contributed by atoms with Crippen LogP contribution in [0.1, 0.15) is 6.42 Å². The number of nitrogens with zero attached hydrogens (tertiary/aromatic N) is 6. The molecule has 0 radical (unpaired) electrons. The fraction of sp³-hybridized carbons (Fsp3) is 0.571. The van der Waals surface area contributed by atoms with E-state index in [4.69, 9.17) is 4.74 Å². The van der Waals surface area contributed by atoms with Crippen LogP contribution < -0.4 is 4.90 Å². The van der Waals surface area contributed by atoms with Crippen LogP contribution in [0.25, 0.3) is 5.65 Å². The van der Waals surface area contributed by atoms with Crippen molar-refractivity contribution in [2.75, 3.05) is 37.7 Å². The number of carbonyl (C=O) groups excluding carboxylic acids is 1. The van der Waals surface area contributed by atoms with Crippen molar-refractivity contribution in [2.45, 2.75) is 18.6 Å². The lowest BCUT2D eigenvalue weighted by Crippen LogP contribution is -2.50. The third-order valence-corrected chi connectivity index (χ3v) is 4.33. The molecule has 1 amide bonds. The van der Waals surface area contributed by atoms with E-state index < -0.39 is 12.2 Å². The lowest BCUT2D eigenvalue weighted by Gasteiger charge is -2.32. The van der Waals surface area contributed by atoms with Gasteiger partial charge in [0.15, 0.2) is 5.82 Å². The molecule has 4 rings (SSSR count). The van der Waals surface area contributed by atoms with Gasteiger partial charge in [0.2, 0.25) is 11.6 Å². The molecule has 2 saturated heterocycles. The van der Waals surface area contributed by atoms with E-state index in [1.165, 1.54) is 0 Å². The lowest BCUT2D eigenvalue weighted by atomic mass is 10.1. The van der Waals surface area contributed by atoms with Gasteiger partial charge >= 0.3 is 0 Å². The summed E-state index contributed by atoms with van der Waals surface area (Å²) in [5, 5.41) is 7.89. The minimum atomic E-state index is -1.06. The molecule has 2 fully saturated rings. The van der Waals surface area contributed by atoms with Gasteiger partial charge in [0.1, 0.15) is 18.5 Å². The van der Waals surface area contributed by atoms with Gasteiger partial charge in [-0.25, -0.2) is 9.37 Å². The summed E-state index contributed by atoms with van der Waals surface area (Å²) in [6.07, 6.45) is 4.00. The van der Waals surface area contributed by atoms with Crippen molar-refractivity contribution in [3.8, 4) is 0 Å². The van der Waals surface area contributed by atoms with E-state index >= 15 is 0 Å². The summed E-state index contributed by atoms with van der Waals surface area (Å²) < 4.78 is 21.0. The molecule has 0 aromatic carbocycles. The van der Waals surface area contributed by atoms with Crippen LogP contribution in [0.4, 0.5) is 10.2 Å². The van der Waals surface area contributed by atoms with E-state index in [1.807, 2.05) is 0 Å². The number of aromatic nitrogens is 4. The predicted molar refractivity (Wildman–Crippen MR) is 78.8 cm³/mol. The van der Waals surface area contributed by atoms with Gasteiger partial charge in [-0.15, -0.1) is 10.2 Å². The summed E-state index contributed by atoms with van der Waals surface area (Å²) in [5.74, 6) is 0.425. The number of amides is 1. The topological polar surface area (TPSA) is 75.9 Å². The van der Waals surface area contributed by atoms with Crippen molar-refractivity contribution in [1.29, 1.82) is 0 Å². The Bertz CT molecular complexity index is 716. The molecule has 2 aromatic rings. The van der Waals surface area contributed by atoms with Crippen molar-refractivity contribution in [3.05, 3.63) is 18.7 Å². The third-order valence-electron chi connectivity index (χ3n) is 4.33. The number of hydrogen-bond donors (Lipinski definition) is 0. The largest absolute Gasteiger partial charge is 0.378 e. The van der Waals surface area contributed by atoms with Crippen molar-refractivity contribution in [2.24, 2.45) is 0 Å². The molecule has 0 unspecified atom stereocenters. The number of ether oxygens (including phenoxy) is 1. The summed E-state index contributed by atoms with van der Waals surface area (Å²) >= 11 is 0. The fourth-order valence-corrected chi connectivity index (χ4v) is 3.20. The number of rotatable bonds is 2. The Morgan fingerprint density at radius 3 is 3.00 bits per heavy atom. The molecule has 122 valence electrons. The maximum absolute atomic E-state index is 14.1.